The van der Waals surface area contributed by atoms with Crippen LogP contribution >= 0.6 is 12.2 Å². The molecule has 0 radical (unpaired) electrons. The summed E-state index contributed by atoms with van der Waals surface area (Å²) < 4.78 is 5.08. The normalized spacial score (nSPS) is 20.7. The van der Waals surface area contributed by atoms with Gasteiger partial charge in [0.15, 0.2) is 10.4 Å². The molecule has 2 aromatic rings. The second-order valence-electron chi connectivity index (χ2n) is 5.52. The molecule has 1 aliphatic rings. The van der Waals surface area contributed by atoms with E-state index in [0.29, 0.717) is 6.04 Å². The Morgan fingerprint density at radius 1 is 1.42 bits per heavy atom. The highest BCUT2D eigenvalue weighted by atomic mass is 32.1. The Labute approximate surface area is 118 Å². The second-order valence-corrected chi connectivity index (χ2v) is 5.91. The first-order valence-electron chi connectivity index (χ1n) is 6.96. The number of imidazole rings is 1. The zero-order chi connectivity index (χ0) is 13.6. The van der Waals surface area contributed by atoms with Gasteiger partial charge in [-0.1, -0.05) is 13.3 Å². The fourth-order valence-corrected chi connectivity index (χ4v) is 3.45. The number of nitrogens with one attached hydrogen (secondary N) is 1. The van der Waals surface area contributed by atoms with Crippen LogP contribution in [0.1, 0.15) is 31.5 Å². The molecular weight excluding hydrogens is 258 g/mol. The van der Waals surface area contributed by atoms with E-state index in [0.717, 1.165) is 54.0 Å². The summed E-state index contributed by atoms with van der Waals surface area (Å²) in [6, 6.07) is 0.469. The maximum absolute atomic E-state index is 5.53. The lowest BCUT2D eigenvalue weighted by Gasteiger charge is -2.13. The van der Waals surface area contributed by atoms with Crippen LogP contribution in [0.2, 0.25) is 0 Å². The molecule has 3 rings (SSSR count). The van der Waals surface area contributed by atoms with E-state index in [1.807, 2.05) is 11.7 Å². The molecule has 104 valence electrons. The van der Waals surface area contributed by atoms with E-state index < -0.39 is 0 Å². The number of fused-ring (bicyclic) bond motifs is 1. The first-order chi connectivity index (χ1) is 9.11. The Hall–Kier alpha value is -1.14. The fraction of sp³-hybridized carbons (Fsp3) is 0.692. The zero-order valence-corrected chi connectivity index (χ0v) is 12.6. The van der Waals surface area contributed by atoms with Gasteiger partial charge in [-0.05, 0) is 38.7 Å². The highest BCUT2D eigenvalue weighted by Gasteiger charge is 2.25. The van der Waals surface area contributed by atoms with E-state index in [-0.39, 0.29) is 0 Å². The van der Waals surface area contributed by atoms with E-state index >= 15 is 0 Å². The van der Waals surface area contributed by atoms with Crippen LogP contribution in [0.5, 0.6) is 0 Å². The minimum absolute atomic E-state index is 0.469. The monoisotopic (exact) mass is 279 g/mol. The van der Waals surface area contributed by atoms with Crippen LogP contribution in [-0.2, 0) is 13.5 Å². The topological polar surface area (TPSA) is 41.8 Å². The van der Waals surface area contributed by atoms with Crippen molar-refractivity contribution in [3.8, 4) is 0 Å². The zero-order valence-electron chi connectivity index (χ0n) is 11.8. The molecule has 5 nitrogen and oxygen atoms in total. The van der Waals surface area contributed by atoms with Gasteiger partial charge in [-0.15, -0.1) is 0 Å². The summed E-state index contributed by atoms with van der Waals surface area (Å²) >= 11 is 5.53. The van der Waals surface area contributed by atoms with Crippen LogP contribution in [0.15, 0.2) is 0 Å². The van der Waals surface area contributed by atoms with Gasteiger partial charge in [-0.2, -0.15) is 5.10 Å². The van der Waals surface area contributed by atoms with Crippen molar-refractivity contribution >= 4 is 23.4 Å². The summed E-state index contributed by atoms with van der Waals surface area (Å²) in [7, 11) is 4.18. The summed E-state index contributed by atoms with van der Waals surface area (Å²) in [6.45, 7) is 4.38. The largest absolute Gasteiger partial charge is 0.328 e. The molecule has 0 saturated carbocycles. The molecule has 0 spiro atoms. The number of aromatic nitrogens is 4. The Morgan fingerprint density at radius 3 is 2.84 bits per heavy atom. The van der Waals surface area contributed by atoms with Crippen LogP contribution in [-0.4, -0.2) is 44.4 Å². The van der Waals surface area contributed by atoms with Gasteiger partial charge in [0.1, 0.15) is 5.52 Å². The standard InChI is InChI=1S/C13H21N5S/c1-4-5-10-11-12(17(3)15-10)18(13(19)14-11)9-6-7-16(2)8-9/h9H,4-8H2,1-3H3,(H,14,19). The Balaban J connectivity index is 2.14. The third-order valence-corrected chi connectivity index (χ3v) is 4.29. The molecule has 3 heterocycles. The summed E-state index contributed by atoms with van der Waals surface area (Å²) in [5, 5.41) is 4.64. The lowest BCUT2D eigenvalue weighted by Crippen LogP contribution is -2.17. The molecule has 2 aromatic heterocycles. The molecular formula is C13H21N5S. The average Bonchev–Trinajstić information content (AvgIpc) is 2.98. The molecule has 1 saturated heterocycles. The SMILES string of the molecule is CCCc1nn(C)c2c1[nH]c(=S)n2C1CCN(C)C1. The van der Waals surface area contributed by atoms with Gasteiger partial charge in [-0.3, -0.25) is 9.25 Å². The van der Waals surface area contributed by atoms with Crippen molar-refractivity contribution in [1.29, 1.82) is 0 Å². The van der Waals surface area contributed by atoms with E-state index in [4.69, 9.17) is 12.2 Å². The number of aryl methyl sites for hydroxylation is 2. The molecule has 1 atom stereocenters. The smallest absolute Gasteiger partial charge is 0.179 e. The molecule has 1 fully saturated rings. The number of likely N-dealkylation sites (N-methyl/N-ethyl adjacent to an activating group) is 1. The van der Waals surface area contributed by atoms with Crippen molar-refractivity contribution < 1.29 is 0 Å². The summed E-state index contributed by atoms with van der Waals surface area (Å²) in [6.07, 6.45) is 3.26. The predicted molar refractivity (Wildman–Crippen MR) is 79.0 cm³/mol. The van der Waals surface area contributed by atoms with Crippen LogP contribution in [0.3, 0.4) is 0 Å². The van der Waals surface area contributed by atoms with Crippen molar-refractivity contribution in [3.63, 3.8) is 0 Å². The summed E-state index contributed by atoms with van der Waals surface area (Å²) in [5.41, 5.74) is 3.41. The molecule has 0 amide bonds. The number of hydrogen-bond acceptors (Lipinski definition) is 3. The van der Waals surface area contributed by atoms with Gasteiger partial charge in [-0.25, -0.2) is 0 Å². The van der Waals surface area contributed by atoms with Gasteiger partial charge in [0, 0.05) is 13.6 Å². The highest BCUT2D eigenvalue weighted by molar-refractivity contribution is 7.71. The molecule has 6 heteroatoms. The summed E-state index contributed by atoms with van der Waals surface area (Å²) in [4.78, 5) is 5.72. The van der Waals surface area contributed by atoms with Crippen molar-refractivity contribution in [3.05, 3.63) is 10.5 Å². The maximum atomic E-state index is 5.53. The lowest BCUT2D eigenvalue weighted by molar-refractivity contribution is 0.392. The quantitative estimate of drug-likeness (QED) is 0.876. The van der Waals surface area contributed by atoms with E-state index in [1.165, 1.54) is 0 Å². The molecule has 1 aliphatic heterocycles. The third kappa shape index (κ3) is 2.03. The number of likely N-dealkylation sites (tertiary alicyclic amines) is 1. The van der Waals surface area contributed by atoms with E-state index in [9.17, 15) is 0 Å². The van der Waals surface area contributed by atoms with Crippen LogP contribution < -0.4 is 0 Å². The number of rotatable bonds is 3. The number of hydrogen-bond donors (Lipinski definition) is 1. The first-order valence-corrected chi connectivity index (χ1v) is 7.37. The van der Waals surface area contributed by atoms with Crippen molar-refractivity contribution in [1.82, 2.24) is 24.2 Å². The number of nitrogens with zero attached hydrogens (tertiary/aromatic N) is 4. The minimum atomic E-state index is 0.469. The molecule has 0 aromatic carbocycles. The molecule has 0 aliphatic carbocycles. The van der Waals surface area contributed by atoms with Gasteiger partial charge in [0.05, 0.1) is 11.7 Å². The van der Waals surface area contributed by atoms with E-state index in [2.05, 4.69) is 33.5 Å². The van der Waals surface area contributed by atoms with Gasteiger partial charge < -0.3 is 9.88 Å². The van der Waals surface area contributed by atoms with Crippen molar-refractivity contribution in [2.24, 2.45) is 7.05 Å². The molecule has 1 N–H and O–H groups in total. The maximum Gasteiger partial charge on any atom is 0.179 e. The van der Waals surface area contributed by atoms with Crippen molar-refractivity contribution in [2.75, 3.05) is 20.1 Å². The fourth-order valence-electron chi connectivity index (χ4n) is 3.11. The van der Waals surface area contributed by atoms with Crippen molar-refractivity contribution in [2.45, 2.75) is 32.2 Å². The lowest BCUT2D eigenvalue weighted by atomic mass is 10.2. The average molecular weight is 279 g/mol. The van der Waals surface area contributed by atoms with Crippen LogP contribution in [0, 0.1) is 4.77 Å². The Morgan fingerprint density at radius 2 is 2.21 bits per heavy atom. The predicted octanol–water partition coefficient (Wildman–Crippen LogP) is 2.26. The van der Waals surface area contributed by atoms with Crippen LogP contribution in [0.4, 0.5) is 0 Å². The highest BCUT2D eigenvalue weighted by Crippen LogP contribution is 2.27. The Bertz CT molecular complexity index is 650. The molecule has 1 unspecified atom stereocenters. The number of aromatic amines is 1. The molecule has 0 bridgehead atoms. The minimum Gasteiger partial charge on any atom is -0.328 e. The first kappa shape index (κ1) is 12.9. The third-order valence-electron chi connectivity index (χ3n) is 3.99. The Kier molecular flexibility index (Phi) is 3.22. The van der Waals surface area contributed by atoms with Crippen LogP contribution in [0.25, 0.3) is 11.2 Å². The number of H-pyrrole nitrogens is 1. The van der Waals surface area contributed by atoms with E-state index in [1.54, 1.807) is 0 Å². The van der Waals surface area contributed by atoms with Gasteiger partial charge >= 0.3 is 0 Å². The molecule has 19 heavy (non-hydrogen) atoms. The van der Waals surface area contributed by atoms with Gasteiger partial charge in [0.25, 0.3) is 0 Å². The van der Waals surface area contributed by atoms with Gasteiger partial charge in [0.2, 0.25) is 0 Å². The second kappa shape index (κ2) is 4.76. The summed E-state index contributed by atoms with van der Waals surface area (Å²) in [5.74, 6) is 0.